The van der Waals surface area contributed by atoms with Crippen molar-refractivity contribution in [2.45, 2.75) is 22.8 Å². The van der Waals surface area contributed by atoms with E-state index in [0.717, 1.165) is 17.8 Å². The minimum absolute atomic E-state index is 0.0785. The smallest absolute Gasteiger partial charge is 0.326 e. The summed E-state index contributed by atoms with van der Waals surface area (Å²) >= 11 is 1.12. The van der Waals surface area contributed by atoms with Crippen LogP contribution in [0.25, 0.3) is 0 Å². The van der Waals surface area contributed by atoms with Crippen LogP contribution in [0.4, 0.5) is 13.2 Å². The highest BCUT2D eigenvalue weighted by Crippen LogP contribution is 2.36. The quantitative estimate of drug-likeness (QED) is 0.942. The highest BCUT2D eigenvalue weighted by Gasteiger charge is 2.33. The SMILES string of the molecule is Cn1ncnc1Sc1ccc(CN)c(C(F)(F)F)c1. The van der Waals surface area contributed by atoms with Crippen molar-refractivity contribution in [2.75, 3.05) is 0 Å². The first-order valence-electron chi connectivity index (χ1n) is 5.34. The fourth-order valence-corrected chi connectivity index (χ4v) is 2.35. The predicted molar refractivity (Wildman–Crippen MR) is 64.5 cm³/mol. The van der Waals surface area contributed by atoms with E-state index in [1.165, 1.54) is 17.1 Å². The van der Waals surface area contributed by atoms with E-state index in [2.05, 4.69) is 10.1 Å². The molecule has 0 atom stereocenters. The van der Waals surface area contributed by atoms with Crippen molar-refractivity contribution in [3.8, 4) is 0 Å². The molecule has 0 amide bonds. The summed E-state index contributed by atoms with van der Waals surface area (Å²) in [4.78, 5) is 4.40. The molecule has 102 valence electrons. The molecular weight excluding hydrogens is 277 g/mol. The molecule has 1 aromatic heterocycles. The minimum atomic E-state index is -4.41. The predicted octanol–water partition coefficient (Wildman–Crippen LogP) is 2.44. The summed E-state index contributed by atoms with van der Waals surface area (Å²) < 4.78 is 40.1. The lowest BCUT2D eigenvalue weighted by Crippen LogP contribution is -2.12. The standard InChI is InChI=1S/C11H11F3N4S/c1-18-10(16-6-17-18)19-8-3-2-7(5-15)9(4-8)11(12,13)14/h2-4,6H,5,15H2,1H3. The lowest BCUT2D eigenvalue weighted by Gasteiger charge is -2.13. The summed E-state index contributed by atoms with van der Waals surface area (Å²) in [6.07, 6.45) is -3.06. The molecule has 4 nitrogen and oxygen atoms in total. The number of benzene rings is 1. The first-order chi connectivity index (χ1) is 8.91. The molecule has 19 heavy (non-hydrogen) atoms. The second kappa shape index (κ2) is 5.22. The van der Waals surface area contributed by atoms with Gasteiger partial charge in [0.05, 0.1) is 5.56 Å². The van der Waals surface area contributed by atoms with Crippen molar-refractivity contribution in [1.82, 2.24) is 14.8 Å². The van der Waals surface area contributed by atoms with Gasteiger partial charge in [-0.25, -0.2) is 9.67 Å². The van der Waals surface area contributed by atoms with Gasteiger partial charge >= 0.3 is 6.18 Å². The molecule has 0 saturated heterocycles. The maximum atomic E-state index is 12.9. The number of rotatable bonds is 3. The van der Waals surface area contributed by atoms with E-state index in [-0.39, 0.29) is 12.1 Å². The third kappa shape index (κ3) is 3.07. The van der Waals surface area contributed by atoms with Gasteiger partial charge in [0, 0.05) is 18.5 Å². The average Bonchev–Trinajstić information content (AvgIpc) is 2.74. The summed E-state index contributed by atoms with van der Waals surface area (Å²) in [5.74, 6) is 0. The van der Waals surface area contributed by atoms with Gasteiger partial charge < -0.3 is 5.73 Å². The first kappa shape index (κ1) is 13.9. The van der Waals surface area contributed by atoms with Gasteiger partial charge in [-0.15, -0.1) is 0 Å². The fourth-order valence-electron chi connectivity index (χ4n) is 1.54. The summed E-state index contributed by atoms with van der Waals surface area (Å²) in [5.41, 5.74) is 4.70. The normalized spacial score (nSPS) is 11.8. The number of alkyl halides is 3. The van der Waals surface area contributed by atoms with Gasteiger partial charge in [-0.1, -0.05) is 17.8 Å². The van der Waals surface area contributed by atoms with E-state index < -0.39 is 11.7 Å². The number of nitrogens with zero attached hydrogens (tertiary/aromatic N) is 3. The minimum Gasteiger partial charge on any atom is -0.326 e. The number of hydrogen-bond donors (Lipinski definition) is 1. The average molecular weight is 288 g/mol. The van der Waals surface area contributed by atoms with Crippen molar-refractivity contribution in [3.05, 3.63) is 35.7 Å². The molecule has 0 bridgehead atoms. The number of halogens is 3. The van der Waals surface area contributed by atoms with E-state index in [1.54, 1.807) is 13.1 Å². The zero-order valence-corrected chi connectivity index (χ0v) is 10.8. The van der Waals surface area contributed by atoms with E-state index in [0.29, 0.717) is 10.1 Å². The van der Waals surface area contributed by atoms with E-state index >= 15 is 0 Å². The Balaban J connectivity index is 2.36. The Morgan fingerprint density at radius 1 is 1.37 bits per heavy atom. The van der Waals surface area contributed by atoms with Gasteiger partial charge in [0.2, 0.25) is 0 Å². The highest BCUT2D eigenvalue weighted by molar-refractivity contribution is 7.99. The highest BCUT2D eigenvalue weighted by atomic mass is 32.2. The second-order valence-electron chi connectivity index (χ2n) is 3.79. The molecule has 0 aliphatic heterocycles. The Kier molecular flexibility index (Phi) is 3.81. The van der Waals surface area contributed by atoms with Gasteiger partial charge in [0.25, 0.3) is 0 Å². The van der Waals surface area contributed by atoms with Gasteiger partial charge in [-0.05, 0) is 17.7 Å². The first-order valence-corrected chi connectivity index (χ1v) is 6.15. The Morgan fingerprint density at radius 2 is 2.11 bits per heavy atom. The largest absolute Gasteiger partial charge is 0.416 e. The van der Waals surface area contributed by atoms with Crippen LogP contribution in [-0.4, -0.2) is 14.8 Å². The van der Waals surface area contributed by atoms with Crippen molar-refractivity contribution in [1.29, 1.82) is 0 Å². The van der Waals surface area contributed by atoms with Gasteiger partial charge in [0.15, 0.2) is 5.16 Å². The number of aryl methyl sites for hydroxylation is 1. The molecule has 2 aromatic rings. The van der Waals surface area contributed by atoms with Gasteiger partial charge in [0.1, 0.15) is 6.33 Å². The van der Waals surface area contributed by atoms with Crippen LogP contribution in [-0.2, 0) is 19.8 Å². The van der Waals surface area contributed by atoms with Crippen LogP contribution in [0.2, 0.25) is 0 Å². The molecule has 0 radical (unpaired) electrons. The van der Waals surface area contributed by atoms with Gasteiger partial charge in [-0.3, -0.25) is 0 Å². The van der Waals surface area contributed by atoms with Crippen LogP contribution in [0.5, 0.6) is 0 Å². The second-order valence-corrected chi connectivity index (χ2v) is 4.83. The van der Waals surface area contributed by atoms with Crippen LogP contribution in [0.15, 0.2) is 34.6 Å². The van der Waals surface area contributed by atoms with E-state index in [1.807, 2.05) is 0 Å². The molecule has 0 spiro atoms. The molecule has 1 heterocycles. The van der Waals surface area contributed by atoms with Crippen molar-refractivity contribution in [2.24, 2.45) is 12.8 Å². The third-order valence-corrected chi connectivity index (χ3v) is 3.53. The maximum absolute atomic E-state index is 12.9. The molecule has 0 aliphatic carbocycles. The Hall–Kier alpha value is -1.54. The van der Waals surface area contributed by atoms with Crippen LogP contribution >= 0.6 is 11.8 Å². The molecule has 2 rings (SSSR count). The summed E-state index contributed by atoms with van der Waals surface area (Å²) in [6, 6.07) is 4.07. The Bertz CT molecular complexity index is 580. The molecule has 2 N–H and O–H groups in total. The third-order valence-electron chi connectivity index (χ3n) is 2.49. The molecule has 0 unspecified atom stereocenters. The van der Waals surface area contributed by atoms with Crippen LogP contribution in [0, 0.1) is 0 Å². The van der Waals surface area contributed by atoms with E-state index in [9.17, 15) is 13.2 Å². The van der Waals surface area contributed by atoms with E-state index in [4.69, 9.17) is 5.73 Å². The van der Waals surface area contributed by atoms with Crippen LogP contribution < -0.4 is 5.73 Å². The molecule has 0 saturated carbocycles. The van der Waals surface area contributed by atoms with Crippen molar-refractivity contribution in [3.63, 3.8) is 0 Å². The number of aromatic nitrogens is 3. The van der Waals surface area contributed by atoms with Gasteiger partial charge in [-0.2, -0.15) is 18.3 Å². The molecule has 1 aromatic carbocycles. The lowest BCUT2D eigenvalue weighted by atomic mass is 10.1. The Morgan fingerprint density at radius 3 is 2.63 bits per heavy atom. The summed E-state index contributed by atoms with van der Waals surface area (Å²) in [7, 11) is 1.67. The Labute approximate surface area is 111 Å². The van der Waals surface area contributed by atoms with Crippen LogP contribution in [0.1, 0.15) is 11.1 Å². The summed E-state index contributed by atoms with van der Waals surface area (Å²) in [6.45, 7) is -0.149. The lowest BCUT2D eigenvalue weighted by molar-refractivity contribution is -0.138. The monoisotopic (exact) mass is 288 g/mol. The van der Waals surface area contributed by atoms with Crippen molar-refractivity contribution >= 4 is 11.8 Å². The number of hydrogen-bond acceptors (Lipinski definition) is 4. The van der Waals surface area contributed by atoms with Crippen LogP contribution in [0.3, 0.4) is 0 Å². The maximum Gasteiger partial charge on any atom is 0.416 e. The molecule has 0 aliphatic rings. The number of nitrogens with two attached hydrogens (primary N) is 1. The van der Waals surface area contributed by atoms with Crippen molar-refractivity contribution < 1.29 is 13.2 Å². The summed E-state index contributed by atoms with van der Waals surface area (Å²) in [5, 5.41) is 4.38. The fraction of sp³-hybridized carbons (Fsp3) is 0.273. The topological polar surface area (TPSA) is 56.7 Å². The molecule has 8 heteroatoms. The molecule has 0 fully saturated rings. The zero-order chi connectivity index (χ0) is 14.0. The molecular formula is C11H11F3N4S. The zero-order valence-electron chi connectivity index (χ0n) is 9.98.